The topological polar surface area (TPSA) is 65.0 Å². The Balaban J connectivity index is 1.61. The van der Waals surface area contributed by atoms with Gasteiger partial charge in [-0.3, -0.25) is 0 Å². The number of carboxylic acid groups (broad SMARTS) is 1. The second-order valence-corrected chi connectivity index (χ2v) is 4.34. The molecule has 104 valence electrons. The predicted octanol–water partition coefficient (Wildman–Crippen LogP) is 2.31. The average Bonchev–Trinajstić information content (AvgIpc) is 2.92. The quantitative estimate of drug-likeness (QED) is 0.767. The first kappa shape index (κ1) is 13.8. The van der Waals surface area contributed by atoms with Gasteiger partial charge in [0.05, 0.1) is 25.4 Å². The first-order valence-corrected chi connectivity index (χ1v) is 6.45. The molecule has 1 aromatic rings. The van der Waals surface area contributed by atoms with E-state index in [0.29, 0.717) is 25.6 Å². The van der Waals surface area contributed by atoms with Crippen molar-refractivity contribution >= 4 is 5.97 Å². The van der Waals surface area contributed by atoms with Crippen molar-refractivity contribution in [2.75, 3.05) is 19.8 Å². The number of ether oxygens (including phenoxy) is 3. The van der Waals surface area contributed by atoms with E-state index in [1.165, 1.54) is 12.1 Å². The van der Waals surface area contributed by atoms with Crippen LogP contribution in [-0.4, -0.2) is 37.2 Å². The van der Waals surface area contributed by atoms with E-state index < -0.39 is 5.97 Å². The molecule has 1 fully saturated rings. The highest BCUT2D eigenvalue weighted by Gasteiger charge is 2.14. The van der Waals surface area contributed by atoms with Crippen LogP contribution in [0.3, 0.4) is 0 Å². The van der Waals surface area contributed by atoms with Crippen molar-refractivity contribution in [3.05, 3.63) is 29.8 Å². The minimum absolute atomic E-state index is 0.0464. The van der Waals surface area contributed by atoms with Gasteiger partial charge in [0.25, 0.3) is 0 Å². The minimum atomic E-state index is -0.928. The third-order valence-corrected chi connectivity index (χ3v) is 2.89. The van der Waals surface area contributed by atoms with Crippen LogP contribution in [0.25, 0.3) is 0 Å². The van der Waals surface area contributed by atoms with Crippen molar-refractivity contribution < 1.29 is 24.1 Å². The monoisotopic (exact) mass is 266 g/mol. The Morgan fingerprint density at radius 2 is 1.89 bits per heavy atom. The number of hydrogen-bond acceptors (Lipinski definition) is 4. The summed E-state index contributed by atoms with van der Waals surface area (Å²) in [5.74, 6) is -0.235. The Kier molecular flexibility index (Phi) is 5.18. The molecule has 1 saturated heterocycles. The number of unbranched alkanes of at least 4 members (excludes halogenated alkanes) is 1. The molecule has 1 aromatic carbocycles. The van der Waals surface area contributed by atoms with Gasteiger partial charge >= 0.3 is 5.97 Å². The molecular formula is C14H18O5. The summed E-state index contributed by atoms with van der Waals surface area (Å²) < 4.78 is 16.2. The number of hydrogen-bond donors (Lipinski definition) is 1. The normalized spacial score (nSPS) is 15.6. The average molecular weight is 266 g/mol. The molecule has 19 heavy (non-hydrogen) atoms. The number of carbonyl (C=O) groups is 1. The van der Waals surface area contributed by atoms with E-state index in [9.17, 15) is 4.79 Å². The van der Waals surface area contributed by atoms with Gasteiger partial charge in [-0.25, -0.2) is 4.79 Å². The van der Waals surface area contributed by atoms with Gasteiger partial charge in [0, 0.05) is 0 Å². The molecule has 0 unspecified atom stereocenters. The Bertz CT molecular complexity index is 395. The van der Waals surface area contributed by atoms with Gasteiger partial charge < -0.3 is 19.3 Å². The third-order valence-electron chi connectivity index (χ3n) is 2.89. The molecule has 0 radical (unpaired) electrons. The summed E-state index contributed by atoms with van der Waals surface area (Å²) in [5, 5.41) is 8.76. The molecule has 0 atom stereocenters. The largest absolute Gasteiger partial charge is 0.494 e. The molecule has 2 rings (SSSR count). The first-order valence-electron chi connectivity index (χ1n) is 6.45. The van der Waals surface area contributed by atoms with Crippen molar-refractivity contribution in [2.24, 2.45) is 0 Å². The lowest BCUT2D eigenvalue weighted by Crippen LogP contribution is -2.08. The zero-order valence-corrected chi connectivity index (χ0v) is 10.7. The van der Waals surface area contributed by atoms with Crippen molar-refractivity contribution in [2.45, 2.75) is 25.6 Å². The highest BCUT2D eigenvalue weighted by atomic mass is 16.7. The van der Waals surface area contributed by atoms with E-state index in [1.807, 2.05) is 0 Å². The fourth-order valence-corrected chi connectivity index (χ4v) is 1.87. The third kappa shape index (κ3) is 4.54. The lowest BCUT2D eigenvalue weighted by molar-refractivity contribution is -0.0482. The Labute approximate surface area is 112 Å². The van der Waals surface area contributed by atoms with E-state index >= 15 is 0 Å². The van der Waals surface area contributed by atoms with Gasteiger partial charge in [-0.05, 0) is 43.5 Å². The van der Waals surface area contributed by atoms with Crippen molar-refractivity contribution in [1.82, 2.24) is 0 Å². The predicted molar refractivity (Wildman–Crippen MR) is 68.4 cm³/mol. The second-order valence-electron chi connectivity index (χ2n) is 4.34. The zero-order chi connectivity index (χ0) is 13.5. The van der Waals surface area contributed by atoms with E-state index in [-0.39, 0.29) is 11.9 Å². The lowest BCUT2D eigenvalue weighted by Gasteiger charge is -2.09. The Morgan fingerprint density at radius 3 is 2.53 bits per heavy atom. The standard InChI is InChI=1S/C14H18O5/c15-14(16)11-4-6-12(7-5-11)17-8-2-1-3-13-18-9-10-19-13/h4-7,13H,1-3,8-10H2,(H,15,16). The maximum atomic E-state index is 10.7. The van der Waals surface area contributed by atoms with Crippen LogP contribution in [0.2, 0.25) is 0 Å². The first-order chi connectivity index (χ1) is 9.25. The molecule has 5 heteroatoms. The minimum Gasteiger partial charge on any atom is -0.494 e. The molecule has 0 aromatic heterocycles. The molecule has 1 N–H and O–H groups in total. The van der Waals surface area contributed by atoms with E-state index in [0.717, 1.165) is 19.3 Å². The number of carboxylic acids is 1. The van der Waals surface area contributed by atoms with Crippen molar-refractivity contribution in [1.29, 1.82) is 0 Å². The molecular weight excluding hydrogens is 248 g/mol. The summed E-state index contributed by atoms with van der Waals surface area (Å²) in [7, 11) is 0. The molecule has 5 nitrogen and oxygen atoms in total. The highest BCUT2D eigenvalue weighted by Crippen LogP contribution is 2.14. The van der Waals surface area contributed by atoms with Crippen LogP contribution in [0.15, 0.2) is 24.3 Å². The van der Waals surface area contributed by atoms with Crippen LogP contribution in [0.1, 0.15) is 29.6 Å². The van der Waals surface area contributed by atoms with Crippen molar-refractivity contribution in [3.8, 4) is 5.75 Å². The van der Waals surface area contributed by atoms with E-state index in [1.54, 1.807) is 12.1 Å². The van der Waals surface area contributed by atoms with E-state index in [2.05, 4.69) is 0 Å². The SMILES string of the molecule is O=C(O)c1ccc(OCCCCC2OCCO2)cc1. The molecule has 1 aliphatic rings. The number of benzene rings is 1. The summed E-state index contributed by atoms with van der Waals surface area (Å²) in [6, 6.07) is 6.43. The number of aromatic carboxylic acids is 1. The van der Waals surface area contributed by atoms with Crippen LogP contribution in [0.5, 0.6) is 5.75 Å². The zero-order valence-electron chi connectivity index (χ0n) is 10.7. The van der Waals surface area contributed by atoms with Gasteiger partial charge in [0.2, 0.25) is 0 Å². The smallest absolute Gasteiger partial charge is 0.335 e. The number of rotatable bonds is 7. The summed E-state index contributed by atoms with van der Waals surface area (Å²) >= 11 is 0. The maximum absolute atomic E-state index is 10.7. The van der Waals surface area contributed by atoms with Crippen LogP contribution in [-0.2, 0) is 9.47 Å². The van der Waals surface area contributed by atoms with Gasteiger partial charge in [-0.15, -0.1) is 0 Å². The van der Waals surface area contributed by atoms with Crippen LogP contribution >= 0.6 is 0 Å². The summed E-state index contributed by atoms with van der Waals surface area (Å²) in [6.45, 7) is 1.99. The summed E-state index contributed by atoms with van der Waals surface area (Å²) in [5.41, 5.74) is 0.267. The highest BCUT2D eigenvalue weighted by molar-refractivity contribution is 5.87. The summed E-state index contributed by atoms with van der Waals surface area (Å²) in [6.07, 6.45) is 2.75. The molecule has 0 spiro atoms. The van der Waals surface area contributed by atoms with Crippen LogP contribution in [0.4, 0.5) is 0 Å². The lowest BCUT2D eigenvalue weighted by atomic mass is 10.2. The van der Waals surface area contributed by atoms with Gasteiger partial charge in [-0.2, -0.15) is 0 Å². The summed E-state index contributed by atoms with van der Waals surface area (Å²) in [4.78, 5) is 10.7. The second kappa shape index (κ2) is 7.11. The molecule has 0 aliphatic carbocycles. The molecule has 1 heterocycles. The maximum Gasteiger partial charge on any atom is 0.335 e. The van der Waals surface area contributed by atoms with Gasteiger partial charge in [0.1, 0.15) is 5.75 Å². The Hall–Kier alpha value is -1.59. The molecule has 0 amide bonds. The molecule has 0 saturated carbocycles. The molecule has 0 bridgehead atoms. The molecule has 1 aliphatic heterocycles. The van der Waals surface area contributed by atoms with Gasteiger partial charge in [0.15, 0.2) is 6.29 Å². The van der Waals surface area contributed by atoms with Crippen LogP contribution in [0, 0.1) is 0 Å². The van der Waals surface area contributed by atoms with Crippen molar-refractivity contribution in [3.63, 3.8) is 0 Å². The van der Waals surface area contributed by atoms with E-state index in [4.69, 9.17) is 19.3 Å². The van der Waals surface area contributed by atoms with Gasteiger partial charge in [-0.1, -0.05) is 0 Å². The van der Waals surface area contributed by atoms with Crippen LogP contribution < -0.4 is 4.74 Å². The Morgan fingerprint density at radius 1 is 1.21 bits per heavy atom. The fraction of sp³-hybridized carbons (Fsp3) is 0.500. The fourth-order valence-electron chi connectivity index (χ4n) is 1.87.